The fourth-order valence-corrected chi connectivity index (χ4v) is 3.61. The molecule has 2 rings (SSSR count). The minimum atomic E-state index is 0.346. The standard InChI is InChI=1S/C19H24BrN/c1-12-8-13(2)18(14(3)9-12)11-19(21-5)17-7-6-16(20)10-15(17)4/h6-10,19,21H,11H2,1-5H3. The van der Waals surface area contributed by atoms with Gasteiger partial charge in [-0.1, -0.05) is 39.7 Å². The second-order valence-corrected chi connectivity index (χ2v) is 6.84. The lowest BCUT2D eigenvalue weighted by Gasteiger charge is -2.22. The van der Waals surface area contributed by atoms with Gasteiger partial charge in [-0.2, -0.15) is 0 Å². The second kappa shape index (κ2) is 6.76. The Morgan fingerprint density at radius 1 is 0.952 bits per heavy atom. The van der Waals surface area contributed by atoms with Gasteiger partial charge in [-0.3, -0.25) is 0 Å². The van der Waals surface area contributed by atoms with Crippen LogP contribution in [0.25, 0.3) is 0 Å². The van der Waals surface area contributed by atoms with Crippen LogP contribution in [-0.2, 0) is 6.42 Å². The summed E-state index contributed by atoms with van der Waals surface area (Å²) in [5.74, 6) is 0. The van der Waals surface area contributed by atoms with Crippen molar-refractivity contribution in [2.24, 2.45) is 0 Å². The molecule has 0 spiro atoms. The van der Waals surface area contributed by atoms with Gasteiger partial charge in [0, 0.05) is 10.5 Å². The maximum absolute atomic E-state index is 3.54. The molecule has 0 radical (unpaired) electrons. The van der Waals surface area contributed by atoms with Gasteiger partial charge in [0.15, 0.2) is 0 Å². The number of hydrogen-bond acceptors (Lipinski definition) is 1. The lowest BCUT2D eigenvalue weighted by Crippen LogP contribution is -2.20. The van der Waals surface area contributed by atoms with E-state index in [1.165, 1.54) is 33.4 Å². The van der Waals surface area contributed by atoms with E-state index in [1.807, 2.05) is 7.05 Å². The molecule has 1 N–H and O–H groups in total. The topological polar surface area (TPSA) is 12.0 Å². The van der Waals surface area contributed by atoms with E-state index in [0.29, 0.717) is 6.04 Å². The van der Waals surface area contributed by atoms with Crippen molar-refractivity contribution in [3.05, 3.63) is 68.2 Å². The fraction of sp³-hybridized carbons (Fsp3) is 0.368. The van der Waals surface area contributed by atoms with Crippen LogP contribution >= 0.6 is 15.9 Å². The maximum atomic E-state index is 3.54. The molecule has 2 aromatic carbocycles. The van der Waals surface area contributed by atoms with Crippen LogP contribution in [0, 0.1) is 27.7 Å². The zero-order chi connectivity index (χ0) is 15.6. The summed E-state index contributed by atoms with van der Waals surface area (Å²) in [7, 11) is 2.05. The van der Waals surface area contributed by atoms with Crippen LogP contribution in [0.3, 0.4) is 0 Å². The van der Waals surface area contributed by atoms with Gasteiger partial charge in [0.25, 0.3) is 0 Å². The van der Waals surface area contributed by atoms with E-state index in [9.17, 15) is 0 Å². The summed E-state index contributed by atoms with van der Waals surface area (Å²) < 4.78 is 1.14. The quantitative estimate of drug-likeness (QED) is 0.804. The molecule has 0 bridgehead atoms. The highest BCUT2D eigenvalue weighted by atomic mass is 79.9. The van der Waals surface area contributed by atoms with Gasteiger partial charge in [0.1, 0.15) is 0 Å². The minimum absolute atomic E-state index is 0.346. The highest BCUT2D eigenvalue weighted by Crippen LogP contribution is 2.27. The van der Waals surface area contributed by atoms with Crippen molar-refractivity contribution in [2.45, 2.75) is 40.2 Å². The number of aryl methyl sites for hydroxylation is 4. The highest BCUT2D eigenvalue weighted by molar-refractivity contribution is 9.10. The summed E-state index contributed by atoms with van der Waals surface area (Å²) in [6.07, 6.45) is 1.02. The Kier molecular flexibility index (Phi) is 5.23. The summed E-state index contributed by atoms with van der Waals surface area (Å²) >= 11 is 3.54. The highest BCUT2D eigenvalue weighted by Gasteiger charge is 2.15. The van der Waals surface area contributed by atoms with Crippen LogP contribution < -0.4 is 5.32 Å². The van der Waals surface area contributed by atoms with Gasteiger partial charge in [-0.15, -0.1) is 0 Å². The van der Waals surface area contributed by atoms with Crippen molar-refractivity contribution >= 4 is 15.9 Å². The maximum Gasteiger partial charge on any atom is 0.0361 e. The predicted octanol–water partition coefficient (Wildman–Crippen LogP) is 5.19. The number of likely N-dealkylation sites (N-methyl/N-ethyl adjacent to an activating group) is 1. The second-order valence-electron chi connectivity index (χ2n) is 5.92. The number of halogens is 1. The monoisotopic (exact) mass is 345 g/mol. The Morgan fingerprint density at radius 3 is 2.10 bits per heavy atom. The average Bonchev–Trinajstić information content (AvgIpc) is 2.39. The molecule has 0 heterocycles. The largest absolute Gasteiger partial charge is 0.313 e. The van der Waals surface area contributed by atoms with Crippen LogP contribution in [-0.4, -0.2) is 7.05 Å². The number of hydrogen-bond donors (Lipinski definition) is 1. The molecule has 0 saturated carbocycles. The first kappa shape index (κ1) is 16.3. The Morgan fingerprint density at radius 2 is 1.57 bits per heavy atom. The zero-order valence-corrected chi connectivity index (χ0v) is 15.1. The van der Waals surface area contributed by atoms with Gasteiger partial charge in [0.05, 0.1) is 0 Å². The van der Waals surface area contributed by atoms with Crippen molar-refractivity contribution in [1.29, 1.82) is 0 Å². The first-order chi connectivity index (χ1) is 9.92. The van der Waals surface area contributed by atoms with Crippen LogP contribution in [0.4, 0.5) is 0 Å². The third kappa shape index (κ3) is 3.75. The van der Waals surface area contributed by atoms with Crippen molar-refractivity contribution in [2.75, 3.05) is 7.05 Å². The summed E-state index contributed by atoms with van der Waals surface area (Å²) in [4.78, 5) is 0. The summed E-state index contributed by atoms with van der Waals surface area (Å²) in [6, 6.07) is 11.4. The molecule has 0 aliphatic carbocycles. The molecule has 0 aliphatic heterocycles. The van der Waals surface area contributed by atoms with E-state index >= 15 is 0 Å². The zero-order valence-electron chi connectivity index (χ0n) is 13.5. The Bertz CT molecular complexity index is 623. The molecular formula is C19H24BrN. The molecule has 0 aliphatic rings. The molecule has 1 nitrogen and oxygen atoms in total. The molecule has 0 saturated heterocycles. The lowest BCUT2D eigenvalue weighted by molar-refractivity contribution is 0.586. The van der Waals surface area contributed by atoms with E-state index in [1.54, 1.807) is 0 Å². The van der Waals surface area contributed by atoms with Crippen LogP contribution in [0.1, 0.15) is 39.4 Å². The normalized spacial score (nSPS) is 12.5. The van der Waals surface area contributed by atoms with E-state index in [2.05, 4.69) is 79.3 Å². The molecule has 2 aromatic rings. The first-order valence-corrected chi connectivity index (χ1v) is 8.21. The predicted molar refractivity (Wildman–Crippen MR) is 95.0 cm³/mol. The van der Waals surface area contributed by atoms with Gasteiger partial charge in [-0.05, 0) is 81.1 Å². The van der Waals surface area contributed by atoms with Gasteiger partial charge in [-0.25, -0.2) is 0 Å². The molecular weight excluding hydrogens is 322 g/mol. The van der Waals surface area contributed by atoms with E-state index in [0.717, 1.165) is 10.9 Å². The average molecular weight is 346 g/mol. The summed E-state index contributed by atoms with van der Waals surface area (Å²) in [5.41, 5.74) is 8.29. The molecule has 0 aromatic heterocycles. The van der Waals surface area contributed by atoms with Crippen LogP contribution in [0.2, 0.25) is 0 Å². The third-order valence-electron chi connectivity index (χ3n) is 4.20. The smallest absolute Gasteiger partial charge is 0.0361 e. The Balaban J connectivity index is 2.36. The number of nitrogens with one attached hydrogen (secondary N) is 1. The minimum Gasteiger partial charge on any atom is -0.313 e. The van der Waals surface area contributed by atoms with Crippen molar-refractivity contribution in [1.82, 2.24) is 5.32 Å². The molecule has 0 amide bonds. The third-order valence-corrected chi connectivity index (χ3v) is 4.70. The molecule has 2 heteroatoms. The molecule has 21 heavy (non-hydrogen) atoms. The van der Waals surface area contributed by atoms with Crippen molar-refractivity contribution in [3.8, 4) is 0 Å². The summed E-state index contributed by atoms with van der Waals surface area (Å²) in [6.45, 7) is 8.78. The van der Waals surface area contributed by atoms with E-state index in [4.69, 9.17) is 0 Å². The number of rotatable bonds is 4. The molecule has 1 atom stereocenters. The fourth-order valence-electron chi connectivity index (χ4n) is 3.13. The van der Waals surface area contributed by atoms with Crippen molar-refractivity contribution < 1.29 is 0 Å². The van der Waals surface area contributed by atoms with E-state index < -0.39 is 0 Å². The SMILES string of the molecule is CNC(Cc1c(C)cc(C)cc1C)c1ccc(Br)cc1C. The lowest BCUT2D eigenvalue weighted by atomic mass is 9.90. The Hall–Kier alpha value is -1.12. The Labute approximate surface area is 136 Å². The molecule has 1 unspecified atom stereocenters. The first-order valence-electron chi connectivity index (χ1n) is 7.42. The van der Waals surface area contributed by atoms with Gasteiger partial charge >= 0.3 is 0 Å². The van der Waals surface area contributed by atoms with Crippen molar-refractivity contribution in [3.63, 3.8) is 0 Å². The van der Waals surface area contributed by atoms with Crippen LogP contribution in [0.5, 0.6) is 0 Å². The number of benzene rings is 2. The molecule has 0 fully saturated rings. The van der Waals surface area contributed by atoms with Gasteiger partial charge in [0.2, 0.25) is 0 Å². The van der Waals surface area contributed by atoms with Gasteiger partial charge < -0.3 is 5.32 Å². The van der Waals surface area contributed by atoms with Crippen LogP contribution in [0.15, 0.2) is 34.8 Å². The van der Waals surface area contributed by atoms with E-state index in [-0.39, 0.29) is 0 Å². The molecule has 112 valence electrons. The summed E-state index contributed by atoms with van der Waals surface area (Å²) in [5, 5.41) is 3.48.